The van der Waals surface area contributed by atoms with Gasteiger partial charge in [-0.3, -0.25) is 0 Å². The first-order valence-corrected chi connectivity index (χ1v) is 8.53. The van der Waals surface area contributed by atoms with Gasteiger partial charge in [-0.15, -0.1) is 5.10 Å². The lowest BCUT2D eigenvalue weighted by molar-refractivity contribution is 0.474. The number of aromatic nitrogens is 3. The average Bonchev–Trinajstić information content (AvgIpc) is 3.26. The largest absolute Gasteiger partial charge is 0.508 e. The number of aromatic hydroxyl groups is 1. The Hall–Kier alpha value is -2.08. The first-order valence-electron chi connectivity index (χ1n) is 7.74. The maximum Gasteiger partial charge on any atom is 0.129 e. The van der Waals surface area contributed by atoms with Crippen LogP contribution in [0.15, 0.2) is 40.9 Å². The second kappa shape index (κ2) is 5.85. The van der Waals surface area contributed by atoms with Gasteiger partial charge in [0, 0.05) is 13.1 Å². The summed E-state index contributed by atoms with van der Waals surface area (Å²) in [7, 11) is 0. The fourth-order valence-corrected chi connectivity index (χ4v) is 3.24. The normalized spacial score (nSPS) is 14.3. The van der Waals surface area contributed by atoms with Crippen LogP contribution in [-0.4, -0.2) is 20.1 Å². The van der Waals surface area contributed by atoms with E-state index in [0.717, 1.165) is 39.2 Å². The molecule has 6 heteroatoms. The van der Waals surface area contributed by atoms with Crippen molar-refractivity contribution >= 4 is 32.7 Å². The Morgan fingerprint density at radius 2 is 2.13 bits per heavy atom. The van der Waals surface area contributed by atoms with Crippen LogP contribution in [-0.2, 0) is 13.1 Å². The zero-order valence-corrected chi connectivity index (χ0v) is 14.1. The summed E-state index contributed by atoms with van der Waals surface area (Å²) in [4.78, 5) is 0. The van der Waals surface area contributed by atoms with Crippen molar-refractivity contribution in [3.05, 3.63) is 46.4 Å². The third kappa shape index (κ3) is 3.03. The molecule has 0 saturated heterocycles. The van der Waals surface area contributed by atoms with E-state index in [9.17, 15) is 5.11 Å². The van der Waals surface area contributed by atoms with Crippen molar-refractivity contribution in [3.63, 3.8) is 0 Å². The van der Waals surface area contributed by atoms with Crippen LogP contribution in [0.5, 0.6) is 5.75 Å². The molecule has 1 aliphatic rings. The number of nitrogens with zero attached hydrogens (tertiary/aromatic N) is 3. The summed E-state index contributed by atoms with van der Waals surface area (Å²) < 4.78 is 2.92. The molecule has 0 aliphatic heterocycles. The van der Waals surface area contributed by atoms with E-state index in [0.29, 0.717) is 6.54 Å². The van der Waals surface area contributed by atoms with Crippen molar-refractivity contribution < 1.29 is 5.11 Å². The molecule has 1 heterocycles. The first-order chi connectivity index (χ1) is 11.2. The zero-order chi connectivity index (χ0) is 15.8. The Kier molecular flexibility index (Phi) is 3.69. The third-order valence-electron chi connectivity index (χ3n) is 4.15. The van der Waals surface area contributed by atoms with Crippen molar-refractivity contribution in [2.45, 2.75) is 25.9 Å². The Morgan fingerprint density at radius 3 is 2.91 bits per heavy atom. The molecule has 118 valence electrons. The molecule has 5 nitrogen and oxygen atoms in total. The number of hydrogen-bond acceptors (Lipinski definition) is 4. The molecule has 1 fully saturated rings. The Bertz CT molecular complexity index is 857. The van der Waals surface area contributed by atoms with Crippen molar-refractivity contribution in [1.29, 1.82) is 0 Å². The van der Waals surface area contributed by atoms with Crippen LogP contribution in [0.2, 0.25) is 0 Å². The molecule has 3 aromatic rings. The molecule has 1 saturated carbocycles. The van der Waals surface area contributed by atoms with E-state index < -0.39 is 0 Å². The van der Waals surface area contributed by atoms with E-state index in [1.807, 2.05) is 22.9 Å². The number of nitrogens with one attached hydrogen (secondary N) is 1. The van der Waals surface area contributed by atoms with E-state index in [-0.39, 0.29) is 5.75 Å². The predicted molar refractivity (Wildman–Crippen MR) is 93.4 cm³/mol. The molecule has 1 aliphatic carbocycles. The summed E-state index contributed by atoms with van der Waals surface area (Å²) in [5, 5.41) is 21.5. The highest BCUT2D eigenvalue weighted by Crippen LogP contribution is 2.34. The number of halogens is 1. The molecule has 0 radical (unpaired) electrons. The molecule has 0 amide bonds. The molecule has 23 heavy (non-hydrogen) atoms. The Morgan fingerprint density at radius 1 is 1.26 bits per heavy atom. The van der Waals surface area contributed by atoms with Crippen LogP contribution in [0.3, 0.4) is 0 Å². The summed E-state index contributed by atoms with van der Waals surface area (Å²) in [5.41, 5.74) is 3.94. The Labute approximate surface area is 142 Å². The summed E-state index contributed by atoms with van der Waals surface area (Å²) in [6.07, 6.45) is 2.60. The van der Waals surface area contributed by atoms with Crippen LogP contribution in [0.1, 0.15) is 18.4 Å². The van der Waals surface area contributed by atoms with Gasteiger partial charge in [-0.05, 0) is 64.5 Å². The summed E-state index contributed by atoms with van der Waals surface area (Å²) in [6, 6.07) is 11.4. The number of benzene rings is 2. The van der Waals surface area contributed by atoms with E-state index in [1.165, 1.54) is 12.8 Å². The first kappa shape index (κ1) is 14.5. The number of rotatable bonds is 5. The minimum absolute atomic E-state index is 0.279. The van der Waals surface area contributed by atoms with Gasteiger partial charge in [-0.2, -0.15) is 0 Å². The highest BCUT2D eigenvalue weighted by Gasteiger charge is 2.23. The number of anilines is 1. The summed E-state index contributed by atoms with van der Waals surface area (Å²) in [6.45, 7) is 1.59. The van der Waals surface area contributed by atoms with Crippen LogP contribution < -0.4 is 5.32 Å². The van der Waals surface area contributed by atoms with Gasteiger partial charge in [0.25, 0.3) is 0 Å². The van der Waals surface area contributed by atoms with Gasteiger partial charge in [-0.25, -0.2) is 4.68 Å². The van der Waals surface area contributed by atoms with Gasteiger partial charge in [-0.1, -0.05) is 17.3 Å². The topological polar surface area (TPSA) is 63.0 Å². The van der Waals surface area contributed by atoms with Crippen molar-refractivity contribution in [1.82, 2.24) is 15.0 Å². The molecule has 2 aromatic carbocycles. The number of phenols is 1. The van der Waals surface area contributed by atoms with Gasteiger partial charge < -0.3 is 10.4 Å². The zero-order valence-electron chi connectivity index (χ0n) is 12.5. The lowest BCUT2D eigenvalue weighted by Crippen LogP contribution is -2.02. The van der Waals surface area contributed by atoms with Gasteiger partial charge in [0.05, 0.1) is 15.7 Å². The van der Waals surface area contributed by atoms with E-state index in [1.54, 1.807) is 12.1 Å². The van der Waals surface area contributed by atoms with Gasteiger partial charge in [0.2, 0.25) is 0 Å². The maximum atomic E-state index is 9.53. The van der Waals surface area contributed by atoms with Gasteiger partial charge in [0.1, 0.15) is 11.3 Å². The second-order valence-electron chi connectivity index (χ2n) is 6.03. The van der Waals surface area contributed by atoms with Crippen LogP contribution >= 0.6 is 15.9 Å². The number of phenolic OH excluding ortho intramolecular Hbond substituents is 1. The SMILES string of the molecule is Oc1cccc(CNc2ccc3c(nnn3CC3CC3)c2Br)c1. The fourth-order valence-electron chi connectivity index (χ4n) is 2.68. The highest BCUT2D eigenvalue weighted by atomic mass is 79.9. The van der Waals surface area contributed by atoms with Crippen molar-refractivity contribution in [3.8, 4) is 5.75 Å². The number of hydrogen-bond donors (Lipinski definition) is 2. The molecule has 0 spiro atoms. The monoisotopic (exact) mass is 372 g/mol. The van der Waals surface area contributed by atoms with E-state index in [4.69, 9.17) is 0 Å². The highest BCUT2D eigenvalue weighted by molar-refractivity contribution is 9.10. The minimum atomic E-state index is 0.279. The molecule has 0 unspecified atom stereocenters. The third-order valence-corrected chi connectivity index (χ3v) is 4.95. The minimum Gasteiger partial charge on any atom is -0.508 e. The van der Waals surface area contributed by atoms with Crippen LogP contribution in [0, 0.1) is 5.92 Å². The van der Waals surface area contributed by atoms with Crippen LogP contribution in [0.25, 0.3) is 11.0 Å². The average molecular weight is 373 g/mol. The number of fused-ring (bicyclic) bond motifs is 1. The van der Waals surface area contributed by atoms with E-state index >= 15 is 0 Å². The smallest absolute Gasteiger partial charge is 0.129 e. The Balaban J connectivity index is 1.56. The van der Waals surface area contributed by atoms with E-state index in [2.05, 4.69) is 37.6 Å². The van der Waals surface area contributed by atoms with Crippen molar-refractivity contribution in [2.24, 2.45) is 5.92 Å². The molecule has 0 atom stereocenters. The summed E-state index contributed by atoms with van der Waals surface area (Å²) >= 11 is 3.64. The quantitative estimate of drug-likeness (QED) is 0.712. The molecular weight excluding hydrogens is 356 g/mol. The molecule has 0 bridgehead atoms. The van der Waals surface area contributed by atoms with Gasteiger partial charge in [0.15, 0.2) is 0 Å². The molecular formula is C17H17BrN4O. The lowest BCUT2D eigenvalue weighted by Gasteiger charge is -2.09. The van der Waals surface area contributed by atoms with Gasteiger partial charge >= 0.3 is 0 Å². The molecule has 4 rings (SSSR count). The molecule has 2 N–H and O–H groups in total. The molecule has 1 aromatic heterocycles. The second-order valence-corrected chi connectivity index (χ2v) is 6.83. The van der Waals surface area contributed by atoms with Crippen molar-refractivity contribution in [2.75, 3.05) is 5.32 Å². The fraction of sp³-hybridized carbons (Fsp3) is 0.294. The predicted octanol–water partition coefficient (Wildman–Crippen LogP) is 3.92. The summed E-state index contributed by atoms with van der Waals surface area (Å²) in [5.74, 6) is 1.05. The van der Waals surface area contributed by atoms with Crippen LogP contribution in [0.4, 0.5) is 5.69 Å². The lowest BCUT2D eigenvalue weighted by atomic mass is 10.2. The standard InChI is InChI=1S/C17H17BrN4O/c18-16-14(19-9-12-2-1-3-13(23)8-12)6-7-15-17(16)20-21-22(15)10-11-4-5-11/h1-3,6-8,11,19,23H,4-5,9-10H2. The maximum absolute atomic E-state index is 9.53.